The summed E-state index contributed by atoms with van der Waals surface area (Å²) in [6.45, 7) is 1.94. The van der Waals surface area contributed by atoms with Crippen molar-refractivity contribution in [1.29, 1.82) is 0 Å². The highest BCUT2D eigenvalue weighted by molar-refractivity contribution is 8.00. The van der Waals surface area contributed by atoms with Crippen LogP contribution in [0.3, 0.4) is 0 Å². The first-order chi connectivity index (χ1) is 14.5. The van der Waals surface area contributed by atoms with Gasteiger partial charge in [0.2, 0.25) is 0 Å². The molecule has 0 N–H and O–H groups in total. The van der Waals surface area contributed by atoms with Crippen molar-refractivity contribution in [2.75, 3.05) is 0 Å². The van der Waals surface area contributed by atoms with Crippen molar-refractivity contribution in [3.63, 3.8) is 0 Å². The van der Waals surface area contributed by atoms with Crippen LogP contribution in [0.1, 0.15) is 5.56 Å². The number of fused-ring (bicyclic) bond motifs is 3. The van der Waals surface area contributed by atoms with Crippen LogP contribution in [-0.2, 0) is 10.0 Å². The first kappa shape index (κ1) is 19.0. The van der Waals surface area contributed by atoms with E-state index in [0.717, 1.165) is 32.6 Å². The van der Waals surface area contributed by atoms with E-state index in [4.69, 9.17) is 4.15 Å². The number of benzene rings is 4. The van der Waals surface area contributed by atoms with Crippen LogP contribution >= 0.6 is 7.05 Å². The van der Waals surface area contributed by atoms with Gasteiger partial charge >= 0.3 is 0 Å². The van der Waals surface area contributed by atoms with Gasteiger partial charge < -0.3 is 0 Å². The number of sulfonamides is 1. The van der Waals surface area contributed by atoms with E-state index in [-0.39, 0.29) is 4.90 Å². The fraction of sp³-hybridized carbons (Fsp3) is 0.0400. The second-order valence-electron chi connectivity index (χ2n) is 7.38. The molecule has 1 aliphatic heterocycles. The van der Waals surface area contributed by atoms with E-state index in [2.05, 4.69) is 12.1 Å². The lowest BCUT2D eigenvalue weighted by Crippen LogP contribution is -2.22. The maximum atomic E-state index is 13.6. The van der Waals surface area contributed by atoms with Gasteiger partial charge in [-0.05, 0) is 30.2 Å². The third-order valence-electron chi connectivity index (χ3n) is 5.47. The van der Waals surface area contributed by atoms with Gasteiger partial charge in [-0.15, -0.1) is 0 Å². The second-order valence-corrected chi connectivity index (χ2v) is 12.2. The molecule has 0 radical (unpaired) electrons. The van der Waals surface area contributed by atoms with Gasteiger partial charge in [-0.3, -0.25) is 0 Å². The molecule has 148 valence electrons. The SMILES string of the molecule is Cc1ccc(S(=O)(=O)N=P2(c3ccccc3)c3ccccc3-c3ccccc32)cc1. The van der Waals surface area contributed by atoms with Crippen molar-refractivity contribution in [1.82, 2.24) is 0 Å². The first-order valence-electron chi connectivity index (χ1n) is 9.73. The summed E-state index contributed by atoms with van der Waals surface area (Å²) in [4.78, 5) is 0.227. The van der Waals surface area contributed by atoms with Gasteiger partial charge in [-0.1, -0.05) is 96.6 Å². The Morgan fingerprint density at radius 2 is 1.13 bits per heavy atom. The molecule has 3 nitrogen and oxygen atoms in total. The van der Waals surface area contributed by atoms with Crippen molar-refractivity contribution in [2.45, 2.75) is 11.8 Å². The van der Waals surface area contributed by atoms with Crippen molar-refractivity contribution in [3.8, 4) is 11.1 Å². The van der Waals surface area contributed by atoms with Gasteiger partial charge in [0.15, 0.2) is 0 Å². The lowest BCUT2D eigenvalue weighted by atomic mass is 10.1. The molecule has 0 fully saturated rings. The zero-order valence-electron chi connectivity index (χ0n) is 16.4. The maximum absolute atomic E-state index is 13.6. The van der Waals surface area contributed by atoms with Crippen molar-refractivity contribution in [2.24, 2.45) is 4.15 Å². The molecule has 1 heterocycles. The summed E-state index contributed by atoms with van der Waals surface area (Å²) in [5.74, 6) is 0. The normalized spacial score (nSPS) is 14.0. The summed E-state index contributed by atoms with van der Waals surface area (Å²) < 4.78 is 31.9. The predicted octanol–water partition coefficient (Wildman–Crippen LogP) is 4.84. The van der Waals surface area contributed by atoms with Crippen LogP contribution in [0.2, 0.25) is 0 Å². The number of aryl methyl sites for hydroxylation is 1. The minimum absolute atomic E-state index is 0.227. The maximum Gasteiger partial charge on any atom is 0.281 e. The van der Waals surface area contributed by atoms with E-state index in [1.165, 1.54) is 0 Å². The third kappa shape index (κ3) is 2.87. The molecule has 0 amide bonds. The Labute approximate surface area is 177 Å². The van der Waals surface area contributed by atoms with Crippen molar-refractivity contribution >= 4 is 33.0 Å². The minimum Gasteiger partial charge on any atom is -0.199 e. The monoisotopic (exact) mass is 429 g/mol. The van der Waals surface area contributed by atoms with Gasteiger partial charge in [-0.2, -0.15) is 12.6 Å². The zero-order chi connectivity index (χ0) is 20.8. The summed E-state index contributed by atoms with van der Waals surface area (Å²) >= 11 is 0. The van der Waals surface area contributed by atoms with Crippen molar-refractivity contribution in [3.05, 3.63) is 109 Å². The topological polar surface area (TPSA) is 46.5 Å². The summed E-state index contributed by atoms with van der Waals surface area (Å²) in [6.07, 6.45) is 0. The lowest BCUT2D eigenvalue weighted by Gasteiger charge is -2.22. The molecule has 0 unspecified atom stereocenters. The molecule has 0 aliphatic carbocycles. The molecule has 0 spiro atoms. The van der Waals surface area contributed by atoms with Crippen LogP contribution in [0.4, 0.5) is 0 Å². The molecular formula is C25H20NO2PS. The number of hydrogen-bond donors (Lipinski definition) is 0. The fourth-order valence-corrected chi connectivity index (χ4v) is 10.4. The van der Waals surface area contributed by atoms with Crippen LogP contribution in [0.5, 0.6) is 0 Å². The Hall–Kier alpha value is -2.94. The van der Waals surface area contributed by atoms with Gasteiger partial charge in [0, 0.05) is 15.9 Å². The Bertz CT molecular complexity index is 1360. The lowest BCUT2D eigenvalue weighted by molar-refractivity contribution is 0.598. The van der Waals surface area contributed by atoms with E-state index in [1.54, 1.807) is 12.1 Å². The molecular weight excluding hydrogens is 409 g/mol. The molecule has 30 heavy (non-hydrogen) atoms. The molecule has 0 bridgehead atoms. The third-order valence-corrected chi connectivity index (χ3v) is 11.4. The molecule has 0 atom stereocenters. The van der Waals surface area contributed by atoms with Gasteiger partial charge in [0.05, 0.1) is 11.9 Å². The van der Waals surface area contributed by atoms with Gasteiger partial charge in [0.1, 0.15) is 0 Å². The Balaban J connectivity index is 1.93. The summed E-state index contributed by atoms with van der Waals surface area (Å²) in [5.41, 5.74) is 3.14. The molecule has 0 saturated carbocycles. The smallest absolute Gasteiger partial charge is 0.199 e. The molecule has 4 aromatic rings. The number of nitrogens with zero attached hydrogens (tertiary/aromatic N) is 1. The van der Waals surface area contributed by atoms with E-state index < -0.39 is 17.1 Å². The highest BCUT2D eigenvalue weighted by Gasteiger charge is 2.39. The van der Waals surface area contributed by atoms with Crippen LogP contribution in [0.15, 0.2) is 112 Å². The molecule has 0 aromatic heterocycles. The van der Waals surface area contributed by atoms with Gasteiger partial charge in [-0.25, -0.2) is 0 Å². The largest absolute Gasteiger partial charge is 0.281 e. The number of hydrogen-bond acceptors (Lipinski definition) is 2. The minimum atomic E-state index is -3.88. The quantitative estimate of drug-likeness (QED) is 0.385. The fourth-order valence-electron chi connectivity index (χ4n) is 4.07. The first-order valence-corrected chi connectivity index (χ1v) is 12.9. The Morgan fingerprint density at radius 1 is 0.633 bits per heavy atom. The van der Waals surface area contributed by atoms with Crippen LogP contribution in [0.25, 0.3) is 11.1 Å². The van der Waals surface area contributed by atoms with E-state index in [0.29, 0.717) is 0 Å². The van der Waals surface area contributed by atoms with Crippen LogP contribution in [0, 0.1) is 6.92 Å². The molecule has 5 rings (SSSR count). The average molecular weight is 429 g/mol. The highest BCUT2D eigenvalue weighted by atomic mass is 32.2. The average Bonchev–Trinajstić information content (AvgIpc) is 3.05. The molecule has 4 aromatic carbocycles. The van der Waals surface area contributed by atoms with Crippen LogP contribution in [-0.4, -0.2) is 8.42 Å². The Kier molecular flexibility index (Phi) is 4.50. The standard InChI is InChI=1S/C25H20NO2PS/c1-19-15-17-21(18-16-19)30(27,28)26-29(20-9-3-2-4-10-20)24-13-7-5-11-22(24)23-12-6-8-14-25(23)29/h2-18H,1H3. The number of rotatable bonds is 3. The molecule has 1 aliphatic rings. The van der Waals surface area contributed by atoms with Crippen molar-refractivity contribution < 1.29 is 8.42 Å². The van der Waals surface area contributed by atoms with Crippen LogP contribution < -0.4 is 15.9 Å². The second kappa shape index (κ2) is 7.09. The summed E-state index contributed by atoms with van der Waals surface area (Å²) in [6, 6.07) is 32.9. The van der Waals surface area contributed by atoms with Gasteiger partial charge in [0.25, 0.3) is 10.0 Å². The van der Waals surface area contributed by atoms with E-state index in [1.807, 2.05) is 85.8 Å². The highest BCUT2D eigenvalue weighted by Crippen LogP contribution is 2.56. The molecule has 5 heteroatoms. The summed E-state index contributed by atoms with van der Waals surface area (Å²) in [7, 11) is -6.62. The predicted molar refractivity (Wildman–Crippen MR) is 125 cm³/mol. The van der Waals surface area contributed by atoms with E-state index >= 15 is 0 Å². The Morgan fingerprint density at radius 3 is 1.70 bits per heavy atom. The zero-order valence-corrected chi connectivity index (χ0v) is 18.1. The van der Waals surface area contributed by atoms with E-state index in [9.17, 15) is 8.42 Å². The summed E-state index contributed by atoms with van der Waals surface area (Å²) in [5, 5.41) is 2.93. The molecule has 0 saturated heterocycles.